The molecule has 1 aliphatic rings. The SMILES string of the molecule is CCCCCCCCCCCC1=NC(=C=[N-])C(C#N)=N1. The van der Waals surface area contributed by atoms with Crippen LogP contribution in [0.3, 0.4) is 0 Å². The molecule has 0 radical (unpaired) electrons. The van der Waals surface area contributed by atoms with Crippen LogP contribution >= 0.6 is 0 Å². The van der Waals surface area contributed by atoms with Crippen molar-refractivity contribution in [2.24, 2.45) is 9.98 Å². The summed E-state index contributed by atoms with van der Waals surface area (Å²) in [5.41, 5.74) is 0.330. The molecule has 0 spiro atoms. The van der Waals surface area contributed by atoms with Gasteiger partial charge in [-0.15, -0.1) is 0 Å². The van der Waals surface area contributed by atoms with Crippen LogP contribution in [-0.2, 0) is 0 Å². The van der Waals surface area contributed by atoms with Gasteiger partial charge in [0.25, 0.3) is 0 Å². The van der Waals surface area contributed by atoms with Gasteiger partial charge in [0.2, 0.25) is 0 Å². The van der Waals surface area contributed by atoms with Crippen molar-refractivity contribution < 1.29 is 0 Å². The summed E-state index contributed by atoms with van der Waals surface area (Å²) in [5.74, 6) is 2.55. The van der Waals surface area contributed by atoms with Crippen LogP contribution in [0.4, 0.5) is 0 Å². The van der Waals surface area contributed by atoms with Gasteiger partial charge in [-0.25, -0.2) is 15.9 Å². The van der Waals surface area contributed by atoms with E-state index in [-0.39, 0.29) is 11.4 Å². The number of amidine groups is 1. The summed E-state index contributed by atoms with van der Waals surface area (Å²) >= 11 is 0. The first-order valence-electron chi connectivity index (χ1n) is 7.65. The molecule has 0 aromatic rings. The fraction of sp³-hybridized carbons (Fsp3) is 0.688. The molecule has 1 aliphatic heterocycles. The lowest BCUT2D eigenvalue weighted by Gasteiger charge is -2.01. The van der Waals surface area contributed by atoms with E-state index in [1.807, 2.05) is 11.9 Å². The third kappa shape index (κ3) is 5.95. The number of hydrogen-bond donors (Lipinski definition) is 0. The monoisotopic (exact) mass is 271 g/mol. The Labute approximate surface area is 121 Å². The standard InChI is InChI=1S/C16H23N4/c1-2-3-4-5-6-7-8-9-10-11-16-19-14(12-17)15(13-18)20-16/h2-11H2,1H3/q-1. The Morgan fingerprint density at radius 2 is 1.55 bits per heavy atom. The molecule has 0 aromatic heterocycles. The van der Waals surface area contributed by atoms with Gasteiger partial charge in [-0.1, -0.05) is 58.3 Å². The highest BCUT2D eigenvalue weighted by Gasteiger charge is 2.13. The Bertz CT molecular complexity index is 448. The van der Waals surface area contributed by atoms with E-state index in [4.69, 9.17) is 10.7 Å². The maximum atomic E-state index is 8.79. The second-order valence-corrected chi connectivity index (χ2v) is 5.14. The molecule has 0 N–H and O–H groups in total. The molecule has 0 atom stereocenters. The van der Waals surface area contributed by atoms with E-state index in [2.05, 4.69) is 16.9 Å². The quantitative estimate of drug-likeness (QED) is 0.428. The summed E-state index contributed by atoms with van der Waals surface area (Å²) in [7, 11) is 0. The van der Waals surface area contributed by atoms with Crippen molar-refractivity contribution in [2.75, 3.05) is 0 Å². The maximum absolute atomic E-state index is 8.79. The van der Waals surface area contributed by atoms with Crippen molar-refractivity contribution in [1.29, 1.82) is 5.26 Å². The fourth-order valence-electron chi connectivity index (χ4n) is 2.25. The van der Waals surface area contributed by atoms with Crippen LogP contribution in [0.25, 0.3) is 5.41 Å². The highest BCUT2D eigenvalue weighted by molar-refractivity contribution is 6.24. The summed E-state index contributed by atoms with van der Waals surface area (Å²) < 4.78 is 0. The van der Waals surface area contributed by atoms with E-state index in [0.29, 0.717) is 5.84 Å². The molecule has 0 saturated carbocycles. The third-order valence-corrected chi connectivity index (χ3v) is 3.42. The Morgan fingerprint density at radius 1 is 0.950 bits per heavy atom. The molecule has 0 aromatic carbocycles. The van der Waals surface area contributed by atoms with E-state index in [1.54, 1.807) is 0 Å². The minimum Gasteiger partial charge on any atom is -0.761 e. The van der Waals surface area contributed by atoms with Crippen molar-refractivity contribution >= 4 is 17.4 Å². The van der Waals surface area contributed by atoms with Gasteiger partial charge in [0, 0.05) is 6.42 Å². The number of aliphatic imine (C=N–C) groups is 2. The molecule has 4 heteroatoms. The lowest BCUT2D eigenvalue weighted by Crippen LogP contribution is -1.93. The number of nitriles is 1. The molecular formula is C16H23N4-. The van der Waals surface area contributed by atoms with Gasteiger partial charge in [0.1, 0.15) is 17.6 Å². The van der Waals surface area contributed by atoms with Crippen molar-refractivity contribution in [3.63, 3.8) is 0 Å². The number of hydrogen-bond acceptors (Lipinski definition) is 3. The van der Waals surface area contributed by atoms with Gasteiger partial charge < -0.3 is 5.41 Å². The van der Waals surface area contributed by atoms with E-state index in [0.717, 1.165) is 12.8 Å². The van der Waals surface area contributed by atoms with Crippen molar-refractivity contribution in [1.82, 2.24) is 0 Å². The molecule has 0 unspecified atom stereocenters. The normalized spacial score (nSPS) is 13.7. The largest absolute Gasteiger partial charge is 0.761 e. The molecule has 0 saturated heterocycles. The Balaban J connectivity index is 2.07. The molecule has 0 amide bonds. The minimum atomic E-state index is 0.165. The molecule has 0 bridgehead atoms. The number of rotatable bonds is 10. The van der Waals surface area contributed by atoms with Crippen LogP contribution in [0.2, 0.25) is 0 Å². The second-order valence-electron chi connectivity index (χ2n) is 5.14. The first-order chi connectivity index (χ1) is 9.81. The van der Waals surface area contributed by atoms with Gasteiger partial charge in [-0.3, -0.25) is 0 Å². The van der Waals surface area contributed by atoms with Gasteiger partial charge in [-0.05, 0) is 6.42 Å². The average Bonchev–Trinajstić information content (AvgIpc) is 2.88. The van der Waals surface area contributed by atoms with Crippen molar-refractivity contribution in [3.8, 4) is 6.07 Å². The van der Waals surface area contributed by atoms with E-state index in [9.17, 15) is 0 Å². The van der Waals surface area contributed by atoms with E-state index >= 15 is 0 Å². The molecule has 1 heterocycles. The number of unbranched alkanes of at least 4 members (excludes halogenated alkanes) is 8. The van der Waals surface area contributed by atoms with Gasteiger partial charge in [0.15, 0.2) is 5.71 Å². The van der Waals surface area contributed by atoms with Gasteiger partial charge in [0.05, 0.1) is 0 Å². The second kappa shape index (κ2) is 10.1. The van der Waals surface area contributed by atoms with Crippen LogP contribution in [-0.4, -0.2) is 17.4 Å². The summed E-state index contributed by atoms with van der Waals surface area (Å²) in [4.78, 5) is 8.15. The smallest absolute Gasteiger partial charge is 0.174 e. The summed E-state index contributed by atoms with van der Waals surface area (Å²) in [6.07, 6.45) is 12.3. The minimum absolute atomic E-state index is 0.165. The van der Waals surface area contributed by atoms with E-state index in [1.165, 1.54) is 51.4 Å². The molecule has 20 heavy (non-hydrogen) atoms. The Morgan fingerprint density at radius 3 is 2.05 bits per heavy atom. The predicted molar refractivity (Wildman–Crippen MR) is 84.2 cm³/mol. The number of allylic oxidation sites excluding steroid dienone is 1. The van der Waals surface area contributed by atoms with Gasteiger partial charge >= 0.3 is 0 Å². The summed E-state index contributed by atoms with van der Waals surface area (Å²) in [6.45, 7) is 2.24. The highest BCUT2D eigenvalue weighted by atomic mass is 15.0. The zero-order chi connectivity index (χ0) is 14.6. The van der Waals surface area contributed by atoms with Crippen LogP contribution < -0.4 is 0 Å². The molecule has 1 rings (SSSR count). The zero-order valence-electron chi connectivity index (χ0n) is 12.4. The fourth-order valence-corrected chi connectivity index (χ4v) is 2.25. The van der Waals surface area contributed by atoms with E-state index < -0.39 is 0 Å². The zero-order valence-corrected chi connectivity index (χ0v) is 12.4. The third-order valence-electron chi connectivity index (χ3n) is 3.42. The van der Waals surface area contributed by atoms with Crippen LogP contribution in [0, 0.1) is 11.3 Å². The number of nitrogens with zero attached hydrogens (tertiary/aromatic N) is 4. The lowest BCUT2D eigenvalue weighted by molar-refractivity contribution is 0.568. The maximum Gasteiger partial charge on any atom is 0.174 e. The molecule has 108 valence electrons. The van der Waals surface area contributed by atoms with Crippen LogP contribution in [0.1, 0.15) is 71.1 Å². The first-order valence-corrected chi connectivity index (χ1v) is 7.65. The highest BCUT2D eigenvalue weighted by Crippen LogP contribution is 2.14. The van der Waals surface area contributed by atoms with Crippen LogP contribution in [0.15, 0.2) is 15.7 Å². The average molecular weight is 271 g/mol. The molecular weight excluding hydrogens is 248 g/mol. The van der Waals surface area contributed by atoms with Crippen molar-refractivity contribution in [2.45, 2.75) is 71.1 Å². The lowest BCUT2D eigenvalue weighted by atomic mass is 10.1. The Kier molecular flexibility index (Phi) is 8.26. The molecule has 0 fully saturated rings. The Hall–Kier alpha value is -1.72. The predicted octanol–water partition coefficient (Wildman–Crippen LogP) is 4.41. The molecule has 4 nitrogen and oxygen atoms in total. The van der Waals surface area contributed by atoms with Crippen molar-refractivity contribution in [3.05, 3.63) is 11.1 Å². The first kappa shape index (κ1) is 16.3. The van der Waals surface area contributed by atoms with Gasteiger partial charge in [-0.2, -0.15) is 5.26 Å². The summed E-state index contributed by atoms with van der Waals surface area (Å²) in [5, 5.41) is 17.6. The molecule has 0 aliphatic carbocycles. The summed E-state index contributed by atoms with van der Waals surface area (Å²) in [6, 6.07) is 1.91. The topological polar surface area (TPSA) is 70.8 Å². The van der Waals surface area contributed by atoms with Crippen LogP contribution in [0.5, 0.6) is 0 Å².